The number of nitro benzene ring substituents is 1. The van der Waals surface area contributed by atoms with E-state index in [4.69, 9.17) is 0 Å². The topological polar surface area (TPSA) is 55.2 Å². The van der Waals surface area contributed by atoms with Crippen molar-refractivity contribution < 1.29 is 4.92 Å². The monoisotopic (exact) mass is 250 g/mol. The molecule has 0 radical (unpaired) electrons. The zero-order valence-corrected chi connectivity index (χ0v) is 11.2. The van der Waals surface area contributed by atoms with Crippen LogP contribution in [-0.2, 0) is 6.54 Å². The second-order valence-corrected chi connectivity index (χ2v) is 4.70. The third-order valence-corrected chi connectivity index (χ3v) is 3.02. The molecule has 0 bridgehead atoms. The van der Waals surface area contributed by atoms with Crippen molar-refractivity contribution in [1.29, 1.82) is 0 Å². The van der Waals surface area contributed by atoms with Gasteiger partial charge < -0.3 is 5.32 Å². The van der Waals surface area contributed by atoms with Gasteiger partial charge in [-0.15, -0.1) is 0 Å². The Kier molecular flexibility index (Phi) is 6.36. The van der Waals surface area contributed by atoms with Gasteiger partial charge in [-0.3, -0.25) is 10.1 Å². The third kappa shape index (κ3) is 5.27. The Morgan fingerprint density at radius 3 is 2.83 bits per heavy atom. The van der Waals surface area contributed by atoms with E-state index in [0.29, 0.717) is 12.6 Å². The van der Waals surface area contributed by atoms with Crippen LogP contribution in [0.3, 0.4) is 0 Å². The molecular formula is C14H22N2O2. The molecule has 0 aliphatic carbocycles. The number of nitro groups is 1. The Labute approximate surface area is 109 Å². The molecule has 1 rings (SSSR count). The second kappa shape index (κ2) is 7.82. The van der Waals surface area contributed by atoms with E-state index in [1.54, 1.807) is 12.1 Å². The molecule has 1 atom stereocenters. The van der Waals surface area contributed by atoms with Gasteiger partial charge in [0.2, 0.25) is 0 Å². The van der Waals surface area contributed by atoms with Crippen LogP contribution in [0.2, 0.25) is 0 Å². The van der Waals surface area contributed by atoms with Gasteiger partial charge in [0.1, 0.15) is 0 Å². The maximum Gasteiger partial charge on any atom is 0.269 e. The Hall–Kier alpha value is -1.42. The van der Waals surface area contributed by atoms with Crippen molar-refractivity contribution in [2.45, 2.75) is 52.1 Å². The summed E-state index contributed by atoms with van der Waals surface area (Å²) in [5.74, 6) is 0. The van der Waals surface area contributed by atoms with E-state index in [0.717, 1.165) is 12.0 Å². The molecule has 0 aromatic heterocycles. The van der Waals surface area contributed by atoms with Crippen molar-refractivity contribution >= 4 is 5.69 Å². The number of nitrogens with one attached hydrogen (secondary N) is 1. The number of rotatable bonds is 8. The highest BCUT2D eigenvalue weighted by Gasteiger charge is 2.06. The van der Waals surface area contributed by atoms with Crippen molar-refractivity contribution in [2.75, 3.05) is 0 Å². The lowest BCUT2D eigenvalue weighted by Crippen LogP contribution is -2.25. The molecular weight excluding hydrogens is 228 g/mol. The van der Waals surface area contributed by atoms with Crippen LogP contribution in [0.5, 0.6) is 0 Å². The van der Waals surface area contributed by atoms with E-state index >= 15 is 0 Å². The van der Waals surface area contributed by atoms with Crippen molar-refractivity contribution in [2.24, 2.45) is 0 Å². The highest BCUT2D eigenvalue weighted by Crippen LogP contribution is 2.13. The molecule has 0 saturated carbocycles. The van der Waals surface area contributed by atoms with Crippen LogP contribution in [0.25, 0.3) is 0 Å². The molecule has 0 aliphatic rings. The second-order valence-electron chi connectivity index (χ2n) is 4.70. The molecule has 1 aromatic carbocycles. The number of nitrogens with zero attached hydrogens (tertiary/aromatic N) is 1. The zero-order chi connectivity index (χ0) is 13.4. The summed E-state index contributed by atoms with van der Waals surface area (Å²) < 4.78 is 0. The minimum Gasteiger partial charge on any atom is -0.310 e. The summed E-state index contributed by atoms with van der Waals surface area (Å²) in [4.78, 5) is 10.3. The molecule has 0 saturated heterocycles. The zero-order valence-electron chi connectivity index (χ0n) is 11.2. The first-order chi connectivity index (χ1) is 8.63. The Morgan fingerprint density at radius 2 is 2.17 bits per heavy atom. The Bertz CT molecular complexity index is 380. The van der Waals surface area contributed by atoms with Crippen LogP contribution >= 0.6 is 0 Å². The lowest BCUT2D eigenvalue weighted by molar-refractivity contribution is -0.384. The molecule has 1 N–H and O–H groups in total. The molecule has 1 unspecified atom stereocenters. The average Bonchev–Trinajstić information content (AvgIpc) is 2.37. The van der Waals surface area contributed by atoms with E-state index in [2.05, 4.69) is 19.2 Å². The van der Waals surface area contributed by atoms with Gasteiger partial charge in [0.15, 0.2) is 0 Å². The summed E-state index contributed by atoms with van der Waals surface area (Å²) in [6.07, 6.45) is 4.89. The maximum atomic E-state index is 10.7. The predicted molar refractivity (Wildman–Crippen MR) is 73.5 cm³/mol. The van der Waals surface area contributed by atoms with Crippen molar-refractivity contribution in [3.05, 3.63) is 39.9 Å². The minimum atomic E-state index is -0.353. The fourth-order valence-corrected chi connectivity index (χ4v) is 1.87. The van der Waals surface area contributed by atoms with E-state index in [1.165, 1.54) is 25.3 Å². The molecule has 18 heavy (non-hydrogen) atoms. The number of benzene rings is 1. The first-order valence-electron chi connectivity index (χ1n) is 6.60. The van der Waals surface area contributed by atoms with Crippen LogP contribution in [0.4, 0.5) is 5.69 Å². The van der Waals surface area contributed by atoms with Gasteiger partial charge in [0, 0.05) is 24.7 Å². The summed E-state index contributed by atoms with van der Waals surface area (Å²) in [6.45, 7) is 5.04. The summed E-state index contributed by atoms with van der Waals surface area (Å²) in [6, 6.07) is 7.26. The van der Waals surface area contributed by atoms with Crippen LogP contribution in [0.15, 0.2) is 24.3 Å². The quantitative estimate of drug-likeness (QED) is 0.435. The van der Waals surface area contributed by atoms with E-state index in [1.807, 2.05) is 6.07 Å². The summed E-state index contributed by atoms with van der Waals surface area (Å²) in [5.41, 5.74) is 1.12. The number of unbranched alkanes of at least 4 members (excludes halogenated alkanes) is 2. The first-order valence-corrected chi connectivity index (χ1v) is 6.60. The fraction of sp³-hybridized carbons (Fsp3) is 0.571. The van der Waals surface area contributed by atoms with Gasteiger partial charge in [-0.05, 0) is 18.9 Å². The van der Waals surface area contributed by atoms with Crippen LogP contribution in [0, 0.1) is 10.1 Å². The van der Waals surface area contributed by atoms with Crippen molar-refractivity contribution in [3.8, 4) is 0 Å². The normalized spacial score (nSPS) is 12.3. The molecule has 100 valence electrons. The van der Waals surface area contributed by atoms with Gasteiger partial charge >= 0.3 is 0 Å². The van der Waals surface area contributed by atoms with Gasteiger partial charge in [0.05, 0.1) is 4.92 Å². The molecule has 0 fully saturated rings. The number of hydrogen-bond donors (Lipinski definition) is 1. The predicted octanol–water partition coefficient (Wildman–Crippen LogP) is 3.65. The highest BCUT2D eigenvalue weighted by atomic mass is 16.6. The van der Waals surface area contributed by atoms with Gasteiger partial charge in [-0.2, -0.15) is 0 Å². The molecule has 0 spiro atoms. The van der Waals surface area contributed by atoms with Crippen LogP contribution in [-0.4, -0.2) is 11.0 Å². The van der Waals surface area contributed by atoms with Crippen molar-refractivity contribution in [3.63, 3.8) is 0 Å². The van der Waals surface area contributed by atoms with Crippen LogP contribution in [0.1, 0.15) is 45.1 Å². The molecule has 4 nitrogen and oxygen atoms in total. The van der Waals surface area contributed by atoms with Gasteiger partial charge in [-0.25, -0.2) is 0 Å². The van der Waals surface area contributed by atoms with Crippen LogP contribution < -0.4 is 5.32 Å². The summed E-state index contributed by atoms with van der Waals surface area (Å²) in [5, 5.41) is 14.1. The fourth-order valence-electron chi connectivity index (χ4n) is 1.87. The molecule has 0 aliphatic heterocycles. The lowest BCUT2D eigenvalue weighted by atomic mass is 10.1. The highest BCUT2D eigenvalue weighted by molar-refractivity contribution is 5.34. The summed E-state index contributed by atoms with van der Waals surface area (Å²) in [7, 11) is 0. The number of non-ortho nitro benzene ring substituents is 1. The Balaban J connectivity index is 2.38. The van der Waals surface area contributed by atoms with E-state index < -0.39 is 0 Å². The van der Waals surface area contributed by atoms with E-state index in [-0.39, 0.29) is 10.6 Å². The first kappa shape index (κ1) is 14.6. The molecule has 4 heteroatoms. The smallest absolute Gasteiger partial charge is 0.269 e. The standard InChI is InChI=1S/C14H22N2O2/c1-3-4-5-7-12(2)15-11-13-8-6-9-14(10-13)16(17)18/h6,8-10,12,15H,3-5,7,11H2,1-2H3. The molecule has 1 aromatic rings. The van der Waals surface area contributed by atoms with Gasteiger partial charge in [-0.1, -0.05) is 38.3 Å². The molecule has 0 amide bonds. The van der Waals surface area contributed by atoms with Gasteiger partial charge in [0.25, 0.3) is 5.69 Å². The average molecular weight is 250 g/mol. The summed E-state index contributed by atoms with van der Waals surface area (Å²) >= 11 is 0. The molecule has 0 heterocycles. The lowest BCUT2D eigenvalue weighted by Gasteiger charge is -2.13. The van der Waals surface area contributed by atoms with Crippen molar-refractivity contribution in [1.82, 2.24) is 5.32 Å². The third-order valence-electron chi connectivity index (χ3n) is 3.02. The minimum absolute atomic E-state index is 0.160. The maximum absolute atomic E-state index is 10.7. The SMILES string of the molecule is CCCCCC(C)NCc1cccc([N+](=O)[O-])c1. The number of hydrogen-bond acceptors (Lipinski definition) is 3. The Morgan fingerprint density at radius 1 is 1.39 bits per heavy atom. The van der Waals surface area contributed by atoms with E-state index in [9.17, 15) is 10.1 Å². The largest absolute Gasteiger partial charge is 0.310 e.